The van der Waals surface area contributed by atoms with Gasteiger partial charge < -0.3 is 5.32 Å². The normalized spacial score (nSPS) is 10.5. The number of amides is 1. The van der Waals surface area contributed by atoms with Crippen LogP contribution in [0, 0.1) is 0 Å². The van der Waals surface area contributed by atoms with Crippen LogP contribution in [0.5, 0.6) is 0 Å². The number of anilines is 1. The number of nitrogens with one attached hydrogen (secondary N) is 1. The zero-order valence-corrected chi connectivity index (χ0v) is 10.9. The third-order valence-electron chi connectivity index (χ3n) is 2.21. The van der Waals surface area contributed by atoms with E-state index in [1.807, 2.05) is 0 Å². The lowest BCUT2D eigenvalue weighted by Crippen LogP contribution is -2.14. The summed E-state index contributed by atoms with van der Waals surface area (Å²) in [5.41, 5.74) is 0. The first-order valence-corrected chi connectivity index (χ1v) is 6.54. The Labute approximate surface area is 108 Å². The van der Waals surface area contributed by atoms with E-state index in [0.717, 1.165) is 17.8 Å². The van der Waals surface area contributed by atoms with Gasteiger partial charge >= 0.3 is 0 Å². The molecule has 7 nitrogen and oxygen atoms in total. The maximum atomic E-state index is 11.6. The number of aromatic nitrogens is 5. The van der Waals surface area contributed by atoms with Crippen LogP contribution in [0.1, 0.15) is 24.8 Å². The predicted octanol–water partition coefficient (Wildman–Crippen LogP) is 1.11. The van der Waals surface area contributed by atoms with Gasteiger partial charge in [0.05, 0.1) is 6.54 Å². The largest absolute Gasteiger partial charge is 0.300 e. The fourth-order valence-corrected chi connectivity index (χ4v) is 2.22. The molecule has 18 heavy (non-hydrogen) atoms. The molecule has 2 aromatic rings. The molecule has 0 aromatic carbocycles. The van der Waals surface area contributed by atoms with E-state index in [2.05, 4.69) is 32.5 Å². The first-order valence-electron chi connectivity index (χ1n) is 5.72. The minimum atomic E-state index is -0.0929. The quantitative estimate of drug-likeness (QED) is 0.846. The molecular formula is C10H14N6OS. The molecule has 8 heteroatoms. The number of aryl methyl sites for hydroxylation is 2. The molecule has 0 saturated heterocycles. The molecule has 0 spiro atoms. The zero-order chi connectivity index (χ0) is 12.8. The number of carbonyl (C=O) groups is 1. The van der Waals surface area contributed by atoms with Gasteiger partial charge in [-0.05, 0) is 6.42 Å². The van der Waals surface area contributed by atoms with Crippen LogP contribution in [0.25, 0.3) is 0 Å². The minimum absolute atomic E-state index is 0.0929. The molecule has 0 aliphatic carbocycles. The summed E-state index contributed by atoms with van der Waals surface area (Å²) in [6, 6.07) is 0. The Kier molecular flexibility index (Phi) is 4.35. The maximum absolute atomic E-state index is 11.6. The van der Waals surface area contributed by atoms with E-state index >= 15 is 0 Å². The Balaban J connectivity index is 1.79. The lowest BCUT2D eigenvalue weighted by molar-refractivity contribution is -0.116. The smallest absolute Gasteiger partial charge is 0.228 e. The molecule has 0 unspecified atom stereocenters. The van der Waals surface area contributed by atoms with Crippen LogP contribution in [-0.2, 0) is 17.8 Å². The van der Waals surface area contributed by atoms with Crippen molar-refractivity contribution in [2.24, 2.45) is 0 Å². The molecule has 0 aliphatic heterocycles. The Bertz CT molecular complexity index is 494. The number of nitrogens with zero attached hydrogens (tertiary/aromatic N) is 5. The average molecular weight is 266 g/mol. The molecule has 1 N–H and O–H groups in total. The summed E-state index contributed by atoms with van der Waals surface area (Å²) < 4.78 is 1.61. The second kappa shape index (κ2) is 6.20. The monoisotopic (exact) mass is 266 g/mol. The van der Waals surface area contributed by atoms with E-state index in [9.17, 15) is 4.79 Å². The summed E-state index contributed by atoms with van der Waals surface area (Å²) in [6.45, 7) is 2.59. The maximum Gasteiger partial charge on any atom is 0.228 e. The zero-order valence-electron chi connectivity index (χ0n) is 10.0. The predicted molar refractivity (Wildman–Crippen MR) is 67.2 cm³/mol. The highest BCUT2D eigenvalue weighted by atomic mass is 32.1. The van der Waals surface area contributed by atoms with Gasteiger partial charge in [0.15, 0.2) is 0 Å². The van der Waals surface area contributed by atoms with Gasteiger partial charge in [0.2, 0.25) is 11.0 Å². The van der Waals surface area contributed by atoms with Gasteiger partial charge in [-0.15, -0.1) is 10.2 Å². The van der Waals surface area contributed by atoms with Crippen LogP contribution < -0.4 is 5.32 Å². The lowest BCUT2D eigenvalue weighted by atomic mass is 10.4. The summed E-state index contributed by atoms with van der Waals surface area (Å²) in [5, 5.41) is 16.1. The van der Waals surface area contributed by atoms with Crippen LogP contribution in [0.4, 0.5) is 5.13 Å². The third-order valence-corrected chi connectivity index (χ3v) is 3.11. The van der Waals surface area contributed by atoms with Crippen molar-refractivity contribution in [3.05, 3.63) is 17.7 Å². The molecule has 0 saturated carbocycles. The third kappa shape index (κ3) is 3.59. The van der Waals surface area contributed by atoms with Gasteiger partial charge in [-0.25, -0.2) is 4.98 Å². The van der Waals surface area contributed by atoms with Gasteiger partial charge in [0.25, 0.3) is 0 Å². The van der Waals surface area contributed by atoms with Crippen molar-refractivity contribution in [3.63, 3.8) is 0 Å². The number of hydrogen-bond donors (Lipinski definition) is 1. The van der Waals surface area contributed by atoms with Crippen LogP contribution in [-0.4, -0.2) is 30.9 Å². The van der Waals surface area contributed by atoms with E-state index < -0.39 is 0 Å². The molecule has 0 radical (unpaired) electrons. The second-order valence-electron chi connectivity index (χ2n) is 3.71. The summed E-state index contributed by atoms with van der Waals surface area (Å²) in [6.07, 6.45) is 5.28. The average Bonchev–Trinajstić information content (AvgIpc) is 2.99. The van der Waals surface area contributed by atoms with Gasteiger partial charge in [0, 0.05) is 12.8 Å². The van der Waals surface area contributed by atoms with Crippen molar-refractivity contribution in [3.8, 4) is 0 Å². The molecule has 0 fully saturated rings. The van der Waals surface area contributed by atoms with E-state index in [1.54, 1.807) is 11.0 Å². The van der Waals surface area contributed by atoms with E-state index in [1.165, 1.54) is 17.7 Å². The number of rotatable bonds is 6. The minimum Gasteiger partial charge on any atom is -0.300 e. The number of carbonyl (C=O) groups excluding carboxylic acids is 1. The Morgan fingerprint density at radius 3 is 3.11 bits per heavy atom. The van der Waals surface area contributed by atoms with Gasteiger partial charge in [-0.1, -0.05) is 18.3 Å². The summed E-state index contributed by atoms with van der Waals surface area (Å²) >= 11 is 1.42. The molecule has 2 heterocycles. The standard InChI is InChI=1S/C10H14N6OS/c1-2-3-9-14-15-10(18-9)13-8(17)4-5-16-7-11-6-12-16/h6-7H,2-5H2,1H3,(H,13,15,17). The summed E-state index contributed by atoms with van der Waals surface area (Å²) in [4.78, 5) is 15.4. The summed E-state index contributed by atoms with van der Waals surface area (Å²) in [5.74, 6) is -0.0929. The lowest BCUT2D eigenvalue weighted by Gasteiger charge is -2.00. The highest BCUT2D eigenvalue weighted by Gasteiger charge is 2.07. The van der Waals surface area contributed by atoms with Crippen molar-refractivity contribution >= 4 is 22.4 Å². The van der Waals surface area contributed by atoms with Crippen molar-refractivity contribution in [1.29, 1.82) is 0 Å². The molecule has 0 atom stereocenters. The van der Waals surface area contributed by atoms with Gasteiger partial charge in [-0.2, -0.15) is 5.10 Å². The highest BCUT2D eigenvalue weighted by molar-refractivity contribution is 7.15. The molecule has 0 aliphatic rings. The van der Waals surface area contributed by atoms with Crippen LogP contribution in [0.3, 0.4) is 0 Å². The van der Waals surface area contributed by atoms with Gasteiger partial charge in [-0.3, -0.25) is 9.48 Å². The first-order chi connectivity index (χ1) is 8.78. The molecule has 2 rings (SSSR count). The first kappa shape index (κ1) is 12.6. The molecule has 96 valence electrons. The highest BCUT2D eigenvalue weighted by Crippen LogP contribution is 2.16. The van der Waals surface area contributed by atoms with E-state index in [0.29, 0.717) is 18.1 Å². The van der Waals surface area contributed by atoms with Crippen molar-refractivity contribution < 1.29 is 4.79 Å². The van der Waals surface area contributed by atoms with Crippen molar-refractivity contribution in [2.75, 3.05) is 5.32 Å². The summed E-state index contributed by atoms with van der Waals surface area (Å²) in [7, 11) is 0. The molecule has 2 aromatic heterocycles. The number of hydrogen-bond acceptors (Lipinski definition) is 6. The molecule has 1 amide bonds. The van der Waals surface area contributed by atoms with Crippen LogP contribution >= 0.6 is 11.3 Å². The van der Waals surface area contributed by atoms with Crippen LogP contribution in [0.15, 0.2) is 12.7 Å². The topological polar surface area (TPSA) is 85.6 Å². The van der Waals surface area contributed by atoms with E-state index in [-0.39, 0.29) is 5.91 Å². The second-order valence-corrected chi connectivity index (χ2v) is 4.77. The molecule has 0 bridgehead atoms. The Hall–Kier alpha value is -1.83. The van der Waals surface area contributed by atoms with Crippen LogP contribution in [0.2, 0.25) is 0 Å². The Morgan fingerprint density at radius 2 is 2.39 bits per heavy atom. The van der Waals surface area contributed by atoms with Gasteiger partial charge in [0.1, 0.15) is 17.7 Å². The fourth-order valence-electron chi connectivity index (χ4n) is 1.37. The fraction of sp³-hybridized carbons (Fsp3) is 0.500. The van der Waals surface area contributed by atoms with Crippen molar-refractivity contribution in [1.82, 2.24) is 25.0 Å². The van der Waals surface area contributed by atoms with Crippen molar-refractivity contribution in [2.45, 2.75) is 32.7 Å². The molecular weight excluding hydrogens is 252 g/mol. The van der Waals surface area contributed by atoms with E-state index in [4.69, 9.17) is 0 Å². The Morgan fingerprint density at radius 1 is 1.50 bits per heavy atom. The SMILES string of the molecule is CCCc1nnc(NC(=O)CCn2cncn2)s1.